The topological polar surface area (TPSA) is 216 Å². The molecule has 1 fully saturated rings. The molecule has 1 saturated heterocycles. The molecule has 47 heavy (non-hydrogen) atoms. The van der Waals surface area contributed by atoms with Crippen molar-refractivity contribution in [1.29, 1.82) is 0 Å². The van der Waals surface area contributed by atoms with Gasteiger partial charge in [0.1, 0.15) is 33.5 Å². The summed E-state index contributed by atoms with van der Waals surface area (Å²) >= 11 is 6.25. The fraction of sp³-hybridized carbons (Fsp3) is 0.222. The molecule has 0 unspecified atom stereocenters. The predicted molar refractivity (Wildman–Crippen MR) is 167 cm³/mol. The summed E-state index contributed by atoms with van der Waals surface area (Å²) in [4.78, 5) is 77.0. The molecule has 0 spiro atoms. The quantitative estimate of drug-likeness (QED) is 0.230. The molecule has 2 aliphatic heterocycles. The monoisotopic (exact) mass is 706 g/mol. The maximum atomic E-state index is 13.6. The number of carbonyl (C=O) groups is 4. The van der Waals surface area contributed by atoms with Crippen LogP contribution >= 0.6 is 34.9 Å². The Hall–Kier alpha value is -5.47. The fourth-order valence-corrected chi connectivity index (χ4v) is 7.09. The molecular weight excluding hydrogens is 685 g/mol. The van der Waals surface area contributed by atoms with E-state index in [9.17, 15) is 39.0 Å². The standard InChI is InChI=1S/C27H22N4O13S3/c1-28-11-6-13(41-2)14(42-3)7-12(11)43-16(28)5-4-15-22(38)29(8-17(32)33)26(46-15)21-24(40)30(9-18(34)35)25(47-21)20-23(39)31(10-19(36)37)27(45)44-20/h4-7H,8-10H2,1-3H3,(H,32,33)(H,34,35)(H,36,37)/b15-4?,16-5?,25-20+,26-21+. The number of methoxy groups -OCH3 is 2. The zero-order valence-electron chi connectivity index (χ0n) is 24.4. The largest absolute Gasteiger partial charge is 0.493 e. The lowest BCUT2D eigenvalue weighted by Gasteiger charge is -2.12. The molecule has 0 aliphatic carbocycles. The van der Waals surface area contributed by atoms with Gasteiger partial charge in [-0.25, -0.2) is 0 Å². The van der Waals surface area contributed by atoms with Gasteiger partial charge in [0.25, 0.3) is 16.3 Å². The predicted octanol–water partition coefficient (Wildman–Crippen LogP) is -0.906. The number of benzene rings is 1. The third-order valence-electron chi connectivity index (χ3n) is 6.66. The number of fused-ring (bicyclic) bond motifs is 1. The molecule has 0 radical (unpaired) electrons. The van der Waals surface area contributed by atoms with Crippen molar-refractivity contribution in [2.24, 2.45) is 0 Å². The number of aromatic nitrogens is 2. The molecule has 20 heteroatoms. The van der Waals surface area contributed by atoms with E-state index in [4.69, 9.17) is 36.3 Å². The van der Waals surface area contributed by atoms with Gasteiger partial charge in [-0.2, -0.15) is 0 Å². The highest BCUT2D eigenvalue weighted by Crippen LogP contribution is 2.45. The Kier molecular flexibility index (Phi) is 8.91. The van der Waals surface area contributed by atoms with Gasteiger partial charge in [0, 0.05) is 25.3 Å². The highest BCUT2D eigenvalue weighted by atomic mass is 32.1. The zero-order valence-corrected chi connectivity index (χ0v) is 26.8. The summed E-state index contributed by atoms with van der Waals surface area (Å²) in [6.07, 6.45) is 2.83. The van der Waals surface area contributed by atoms with Crippen LogP contribution in [-0.2, 0) is 37.0 Å². The number of ether oxygens (including phenoxy) is 4. The number of allylic oxidation sites excluding steroid dienone is 1. The van der Waals surface area contributed by atoms with Gasteiger partial charge in [0.2, 0.25) is 5.76 Å². The van der Waals surface area contributed by atoms with Crippen LogP contribution in [0.1, 0.15) is 0 Å². The Labute approximate surface area is 274 Å². The van der Waals surface area contributed by atoms with Crippen LogP contribution in [0.3, 0.4) is 0 Å². The third kappa shape index (κ3) is 6.07. The van der Waals surface area contributed by atoms with Gasteiger partial charge < -0.3 is 39.2 Å². The minimum absolute atomic E-state index is 0.00865. The maximum absolute atomic E-state index is 13.6. The van der Waals surface area contributed by atoms with Crippen molar-refractivity contribution in [3.63, 3.8) is 0 Å². The van der Waals surface area contributed by atoms with E-state index >= 15 is 0 Å². The van der Waals surface area contributed by atoms with E-state index in [2.05, 4.69) is 0 Å². The van der Waals surface area contributed by atoms with Gasteiger partial charge in [0.15, 0.2) is 23.1 Å². The molecule has 0 saturated carbocycles. The van der Waals surface area contributed by atoms with Crippen LogP contribution in [-0.4, -0.2) is 86.2 Å². The number of nitrogens with zero attached hydrogens (tertiary/aromatic N) is 4. The van der Waals surface area contributed by atoms with Gasteiger partial charge in [-0.3, -0.25) is 42.8 Å². The number of thiocarbonyl (C=S) groups is 1. The number of rotatable bonds is 9. The summed E-state index contributed by atoms with van der Waals surface area (Å²) < 4.78 is 22.6. The first-order valence-electron chi connectivity index (χ1n) is 13.0. The van der Waals surface area contributed by atoms with Crippen molar-refractivity contribution in [3.8, 4) is 17.2 Å². The fourth-order valence-electron chi connectivity index (χ4n) is 4.56. The Balaban J connectivity index is 1.74. The van der Waals surface area contributed by atoms with E-state index in [-0.39, 0.29) is 24.3 Å². The molecule has 0 atom stereocenters. The molecule has 2 aliphatic rings. The van der Waals surface area contributed by atoms with Gasteiger partial charge in [-0.15, -0.1) is 22.7 Å². The molecule has 4 heterocycles. The van der Waals surface area contributed by atoms with Crippen LogP contribution in [0.2, 0.25) is 0 Å². The lowest BCUT2D eigenvalue weighted by molar-refractivity contribution is -0.140. The van der Waals surface area contributed by atoms with E-state index in [1.54, 1.807) is 24.1 Å². The lowest BCUT2D eigenvalue weighted by atomic mass is 10.2. The molecule has 1 aromatic carbocycles. The maximum Gasteiger partial charge on any atom is 0.323 e. The van der Waals surface area contributed by atoms with Crippen molar-refractivity contribution in [2.75, 3.05) is 32.7 Å². The Morgan fingerprint density at radius 2 is 1.45 bits per heavy atom. The Morgan fingerprint density at radius 1 is 0.851 bits per heavy atom. The van der Waals surface area contributed by atoms with Crippen LogP contribution in [0.25, 0.3) is 11.8 Å². The van der Waals surface area contributed by atoms with Crippen LogP contribution in [0.4, 0.5) is 5.69 Å². The van der Waals surface area contributed by atoms with Crippen LogP contribution in [0.5, 0.6) is 17.2 Å². The number of carbonyl (C=O) groups excluding carboxylic acids is 1. The molecule has 3 aromatic rings. The third-order valence-corrected chi connectivity index (χ3v) is 9.41. The molecule has 1 amide bonds. The number of hydrogen-bond donors (Lipinski definition) is 3. The first-order valence-corrected chi connectivity index (χ1v) is 15.1. The first-order chi connectivity index (χ1) is 22.2. The number of hydrogen-bond acceptors (Lipinski definition) is 14. The highest BCUT2D eigenvalue weighted by molar-refractivity contribution is 7.80. The van der Waals surface area contributed by atoms with E-state index in [1.165, 1.54) is 26.4 Å². The van der Waals surface area contributed by atoms with Gasteiger partial charge in [0.05, 0.1) is 24.4 Å². The summed E-state index contributed by atoms with van der Waals surface area (Å²) in [5.41, 5.74) is -1.12. The molecule has 3 N–H and O–H groups in total. The molecule has 0 bridgehead atoms. The number of amides is 1. The number of carboxylic acids is 3. The van der Waals surface area contributed by atoms with Crippen molar-refractivity contribution in [3.05, 3.63) is 63.2 Å². The second-order valence-corrected chi connectivity index (χ2v) is 11.9. The Bertz CT molecular complexity index is 2260. The number of aliphatic carboxylic acids is 3. The van der Waals surface area contributed by atoms with Gasteiger partial charge in [-0.1, -0.05) is 0 Å². The zero-order chi connectivity index (χ0) is 34.3. The van der Waals surface area contributed by atoms with Crippen LogP contribution in [0, 0.1) is 9.20 Å². The molecule has 17 nitrogen and oxygen atoms in total. The van der Waals surface area contributed by atoms with E-state index in [0.717, 1.165) is 15.9 Å². The normalized spacial score (nSPS) is 17.2. The number of thiazole rings is 2. The highest BCUT2D eigenvalue weighted by Gasteiger charge is 2.37. The van der Waals surface area contributed by atoms with E-state index in [0.29, 0.717) is 43.7 Å². The first kappa shape index (κ1) is 32.9. The second-order valence-electron chi connectivity index (χ2n) is 9.57. The number of anilines is 1. The molecular formula is C27H22N4O13S3. The van der Waals surface area contributed by atoms with Crippen molar-refractivity contribution in [2.45, 2.75) is 13.1 Å². The van der Waals surface area contributed by atoms with Crippen LogP contribution in [0.15, 0.2) is 33.7 Å². The smallest absolute Gasteiger partial charge is 0.323 e. The van der Waals surface area contributed by atoms with Crippen molar-refractivity contribution < 1.29 is 53.4 Å². The average Bonchev–Trinajstić information content (AvgIpc) is 3.68. The molecule has 2 aromatic heterocycles. The summed E-state index contributed by atoms with van der Waals surface area (Å²) in [7, 11) is 4.65. The number of carboxylic acid groups (broad SMARTS) is 3. The van der Waals surface area contributed by atoms with E-state index in [1.807, 2.05) is 0 Å². The van der Waals surface area contributed by atoms with Crippen molar-refractivity contribution >= 4 is 81.4 Å². The summed E-state index contributed by atoms with van der Waals surface area (Å²) in [5.74, 6) is -4.32. The minimum Gasteiger partial charge on any atom is -0.493 e. The summed E-state index contributed by atoms with van der Waals surface area (Å²) in [5, 5.41) is 27.7. The van der Waals surface area contributed by atoms with Gasteiger partial charge in [-0.05, 0) is 18.3 Å². The lowest BCUT2D eigenvalue weighted by Crippen LogP contribution is -2.35. The van der Waals surface area contributed by atoms with Crippen molar-refractivity contribution in [1.82, 2.24) is 14.0 Å². The SMILES string of the molecule is COc1cc2c(cc1OC)N(C)C(=CC=c1s/c(=c3/s/c(=C4/OC(=S)N(CC(=O)O)C4=O)n(CC(=O)O)c3=O)n(CC(=O)O)c1=O)O2. The molecule has 246 valence electrons. The molecule has 5 rings (SSSR count). The van der Waals surface area contributed by atoms with Gasteiger partial charge >= 0.3 is 23.8 Å². The Morgan fingerprint density at radius 3 is 2.04 bits per heavy atom. The summed E-state index contributed by atoms with van der Waals surface area (Å²) in [6, 6.07) is 3.31. The van der Waals surface area contributed by atoms with Crippen LogP contribution < -0.4 is 39.4 Å². The second kappa shape index (κ2) is 12.7. The minimum atomic E-state index is -1.47. The summed E-state index contributed by atoms with van der Waals surface area (Å²) in [6.45, 7) is -2.66. The average molecular weight is 707 g/mol. The van der Waals surface area contributed by atoms with E-state index < -0.39 is 65.5 Å².